The molecule has 0 saturated heterocycles. The number of carboxylic acids is 1. The zero-order chi connectivity index (χ0) is 10.0. The third kappa shape index (κ3) is 1.90. The molecule has 0 radical (unpaired) electrons. The number of anilines is 1. The number of halogens is 2. The van der Waals surface area contributed by atoms with Gasteiger partial charge in [0.1, 0.15) is 5.82 Å². The molecular weight excluding hydrogens is 182 g/mol. The van der Waals surface area contributed by atoms with E-state index < -0.39 is 23.7 Å². The first-order valence-corrected chi connectivity index (χ1v) is 3.30. The van der Waals surface area contributed by atoms with Gasteiger partial charge < -0.3 is 10.8 Å². The van der Waals surface area contributed by atoms with Crippen molar-refractivity contribution in [1.82, 2.24) is 4.98 Å². The lowest BCUT2D eigenvalue weighted by molar-refractivity contribution is 0.0677. The van der Waals surface area contributed by atoms with Crippen molar-refractivity contribution in [3.8, 4) is 0 Å². The maximum atomic E-state index is 12.2. The van der Waals surface area contributed by atoms with Crippen molar-refractivity contribution in [3.63, 3.8) is 0 Å². The number of hydrogen-bond donors (Lipinski definition) is 2. The maximum absolute atomic E-state index is 12.2. The fourth-order valence-electron chi connectivity index (χ4n) is 0.832. The number of pyridine rings is 1. The molecule has 0 spiro atoms. The van der Waals surface area contributed by atoms with Crippen LogP contribution in [0.1, 0.15) is 22.5 Å². The smallest absolute Gasteiger partial charge is 0.355 e. The summed E-state index contributed by atoms with van der Waals surface area (Å²) in [6.07, 6.45) is -2.86. The van der Waals surface area contributed by atoms with Crippen LogP contribution in [0.5, 0.6) is 0 Å². The van der Waals surface area contributed by atoms with Crippen LogP contribution in [0.2, 0.25) is 0 Å². The average Bonchev–Trinajstić information content (AvgIpc) is 2.03. The van der Waals surface area contributed by atoms with Gasteiger partial charge in [0.15, 0.2) is 5.69 Å². The molecule has 0 amide bonds. The number of nitrogen functional groups attached to an aromatic ring is 1. The van der Waals surface area contributed by atoms with Crippen LogP contribution >= 0.6 is 0 Å². The highest BCUT2D eigenvalue weighted by Crippen LogP contribution is 2.22. The minimum Gasteiger partial charge on any atom is -0.476 e. The van der Waals surface area contributed by atoms with Crippen molar-refractivity contribution < 1.29 is 18.7 Å². The Morgan fingerprint density at radius 3 is 2.62 bits per heavy atom. The number of carboxylic acid groups (broad SMARTS) is 1. The van der Waals surface area contributed by atoms with Crippen molar-refractivity contribution in [2.24, 2.45) is 0 Å². The molecule has 1 aromatic rings. The Kier molecular flexibility index (Phi) is 2.41. The lowest BCUT2D eigenvalue weighted by atomic mass is 10.2. The van der Waals surface area contributed by atoms with Crippen LogP contribution in [-0.2, 0) is 0 Å². The van der Waals surface area contributed by atoms with Crippen LogP contribution in [0.4, 0.5) is 14.6 Å². The first-order valence-electron chi connectivity index (χ1n) is 3.30. The van der Waals surface area contributed by atoms with Crippen LogP contribution in [0.15, 0.2) is 12.1 Å². The summed E-state index contributed by atoms with van der Waals surface area (Å²) < 4.78 is 24.4. The molecule has 3 N–H and O–H groups in total. The predicted molar refractivity (Wildman–Crippen MR) is 40.6 cm³/mol. The second-order valence-corrected chi connectivity index (χ2v) is 2.28. The van der Waals surface area contributed by atoms with E-state index >= 15 is 0 Å². The summed E-state index contributed by atoms with van der Waals surface area (Å²) >= 11 is 0. The number of alkyl halides is 2. The van der Waals surface area contributed by atoms with E-state index in [9.17, 15) is 13.6 Å². The summed E-state index contributed by atoms with van der Waals surface area (Å²) in [5.41, 5.74) is 3.82. The highest BCUT2D eigenvalue weighted by molar-refractivity contribution is 5.87. The van der Waals surface area contributed by atoms with Gasteiger partial charge in [-0.15, -0.1) is 0 Å². The van der Waals surface area contributed by atoms with E-state index in [1.165, 1.54) is 0 Å². The minimum atomic E-state index is -2.86. The van der Waals surface area contributed by atoms with Crippen molar-refractivity contribution >= 4 is 11.8 Å². The summed E-state index contributed by atoms with van der Waals surface area (Å²) in [6.45, 7) is 0. The van der Waals surface area contributed by atoms with Crippen LogP contribution < -0.4 is 5.73 Å². The second-order valence-electron chi connectivity index (χ2n) is 2.28. The lowest BCUT2D eigenvalue weighted by Crippen LogP contribution is -2.07. The number of carbonyl (C=O) groups is 1. The molecule has 0 fully saturated rings. The van der Waals surface area contributed by atoms with Gasteiger partial charge in [0, 0.05) is 0 Å². The predicted octanol–water partition coefficient (Wildman–Crippen LogP) is 1.30. The largest absolute Gasteiger partial charge is 0.476 e. The van der Waals surface area contributed by atoms with Crippen LogP contribution in [0, 0.1) is 0 Å². The Bertz CT molecular complexity index is 341. The summed E-state index contributed by atoms with van der Waals surface area (Å²) in [5, 5.41) is 8.49. The zero-order valence-corrected chi connectivity index (χ0v) is 6.37. The molecule has 1 aromatic heterocycles. The number of hydrogen-bond acceptors (Lipinski definition) is 3. The molecule has 0 saturated carbocycles. The molecule has 0 aliphatic rings. The van der Waals surface area contributed by atoms with E-state index in [2.05, 4.69) is 4.98 Å². The maximum Gasteiger partial charge on any atom is 0.355 e. The van der Waals surface area contributed by atoms with Crippen molar-refractivity contribution in [2.75, 3.05) is 5.73 Å². The molecule has 4 nitrogen and oxygen atoms in total. The van der Waals surface area contributed by atoms with Crippen molar-refractivity contribution in [2.45, 2.75) is 6.43 Å². The van der Waals surface area contributed by atoms with E-state index in [0.717, 1.165) is 12.1 Å². The normalized spacial score (nSPS) is 10.4. The third-order valence-electron chi connectivity index (χ3n) is 1.39. The van der Waals surface area contributed by atoms with Gasteiger partial charge in [-0.1, -0.05) is 0 Å². The van der Waals surface area contributed by atoms with Gasteiger partial charge in [0.2, 0.25) is 0 Å². The monoisotopic (exact) mass is 188 g/mol. The minimum absolute atomic E-state index is 0.0956. The summed E-state index contributed by atoms with van der Waals surface area (Å²) in [4.78, 5) is 13.7. The quantitative estimate of drug-likeness (QED) is 0.733. The van der Waals surface area contributed by atoms with E-state index in [1.807, 2.05) is 0 Å². The standard InChI is InChI=1S/C7H6F2N2O2/c8-6(9)3-1-2-4(10)11-5(3)7(12)13/h1-2,6H,(H2,10,11)(H,12,13). The number of aromatic nitrogens is 1. The van der Waals surface area contributed by atoms with Crippen molar-refractivity contribution in [1.29, 1.82) is 0 Å². The number of nitrogens with zero attached hydrogens (tertiary/aromatic N) is 1. The van der Waals surface area contributed by atoms with Gasteiger partial charge in [0.05, 0.1) is 5.56 Å². The highest BCUT2D eigenvalue weighted by Gasteiger charge is 2.19. The average molecular weight is 188 g/mol. The summed E-state index contributed by atoms with van der Waals surface area (Å²) in [7, 11) is 0. The number of aromatic carboxylic acids is 1. The molecule has 0 aromatic carbocycles. The second kappa shape index (κ2) is 3.34. The van der Waals surface area contributed by atoms with Gasteiger partial charge >= 0.3 is 5.97 Å². The Labute approximate surface area is 72.0 Å². The molecule has 1 rings (SSSR count). The van der Waals surface area contributed by atoms with Gasteiger partial charge in [-0.2, -0.15) is 0 Å². The first-order chi connectivity index (χ1) is 6.02. The van der Waals surface area contributed by atoms with Gasteiger partial charge in [-0.3, -0.25) is 0 Å². The molecule has 0 bridgehead atoms. The number of rotatable bonds is 2. The Hall–Kier alpha value is -1.72. The molecule has 70 valence electrons. The molecule has 0 aliphatic carbocycles. The van der Waals surface area contributed by atoms with E-state index in [0.29, 0.717) is 0 Å². The van der Waals surface area contributed by atoms with E-state index in [1.54, 1.807) is 0 Å². The highest BCUT2D eigenvalue weighted by atomic mass is 19.3. The topological polar surface area (TPSA) is 76.2 Å². The lowest BCUT2D eigenvalue weighted by Gasteiger charge is -2.03. The molecular formula is C7H6F2N2O2. The van der Waals surface area contributed by atoms with Crippen LogP contribution in [0.25, 0.3) is 0 Å². The molecule has 0 atom stereocenters. The van der Waals surface area contributed by atoms with Crippen LogP contribution in [0.3, 0.4) is 0 Å². The molecule has 1 heterocycles. The SMILES string of the molecule is Nc1ccc(C(F)F)c(C(=O)O)n1. The fourth-order valence-corrected chi connectivity index (χ4v) is 0.832. The summed E-state index contributed by atoms with van der Waals surface area (Å²) in [6, 6.07) is 2.09. The Balaban J connectivity index is 3.27. The van der Waals surface area contributed by atoms with E-state index in [4.69, 9.17) is 10.8 Å². The van der Waals surface area contributed by atoms with Crippen LogP contribution in [-0.4, -0.2) is 16.1 Å². The van der Waals surface area contributed by atoms with Crippen molar-refractivity contribution in [3.05, 3.63) is 23.4 Å². The van der Waals surface area contributed by atoms with E-state index in [-0.39, 0.29) is 5.82 Å². The zero-order valence-electron chi connectivity index (χ0n) is 6.37. The Morgan fingerprint density at radius 1 is 1.54 bits per heavy atom. The molecule has 0 unspecified atom stereocenters. The summed E-state index contributed by atoms with van der Waals surface area (Å²) in [5.74, 6) is -1.61. The third-order valence-corrected chi connectivity index (χ3v) is 1.39. The molecule has 0 aliphatic heterocycles. The Morgan fingerprint density at radius 2 is 2.15 bits per heavy atom. The fraction of sp³-hybridized carbons (Fsp3) is 0.143. The first kappa shape index (κ1) is 9.37. The number of nitrogens with two attached hydrogens (primary N) is 1. The van der Waals surface area contributed by atoms with Gasteiger partial charge in [0.25, 0.3) is 6.43 Å². The molecule has 13 heavy (non-hydrogen) atoms. The van der Waals surface area contributed by atoms with Gasteiger partial charge in [-0.05, 0) is 12.1 Å². The van der Waals surface area contributed by atoms with Gasteiger partial charge in [-0.25, -0.2) is 18.6 Å². The molecule has 6 heteroatoms.